The summed E-state index contributed by atoms with van der Waals surface area (Å²) in [6, 6.07) is 2.23. The highest BCUT2D eigenvalue weighted by Crippen LogP contribution is 2.43. The van der Waals surface area contributed by atoms with E-state index in [1.165, 1.54) is 16.7 Å². The van der Waals surface area contributed by atoms with Gasteiger partial charge in [-0.2, -0.15) is 5.26 Å². The molecule has 14 heteroatoms. The van der Waals surface area contributed by atoms with Gasteiger partial charge in [-0.15, -0.1) is 0 Å². The summed E-state index contributed by atoms with van der Waals surface area (Å²) in [6.45, 7) is 13.3. The lowest BCUT2D eigenvalue weighted by atomic mass is 9.93. The summed E-state index contributed by atoms with van der Waals surface area (Å²) in [4.78, 5) is 37.1. The van der Waals surface area contributed by atoms with Gasteiger partial charge in [0, 0.05) is 37.6 Å². The quantitative estimate of drug-likeness (QED) is 0.180. The number of anilines is 1. The Morgan fingerprint density at radius 1 is 1.17 bits per heavy atom. The molecule has 0 spiro atoms. The van der Waals surface area contributed by atoms with Crippen LogP contribution in [0.15, 0.2) is 41.4 Å². The molecule has 0 saturated carbocycles. The number of nitriles is 1. The summed E-state index contributed by atoms with van der Waals surface area (Å²) in [7, 11) is 1.83. The van der Waals surface area contributed by atoms with E-state index in [1.807, 2.05) is 45.8 Å². The Kier molecular flexibility index (Phi) is 9.34. The van der Waals surface area contributed by atoms with Crippen LogP contribution in [0.3, 0.4) is 0 Å². The predicted molar refractivity (Wildman–Crippen MR) is 180 cm³/mol. The van der Waals surface area contributed by atoms with Crippen LogP contribution in [0.25, 0.3) is 28.0 Å². The van der Waals surface area contributed by atoms with Crippen LogP contribution >= 0.6 is 23.2 Å². The monoisotopic (exact) mass is 700 g/mol. The molecular weight excluding hydrogens is 668 g/mol. The number of rotatable bonds is 5. The molecule has 0 bridgehead atoms. The molecule has 0 aliphatic carbocycles. The van der Waals surface area contributed by atoms with Gasteiger partial charge in [-0.1, -0.05) is 43.6 Å². The number of halogens is 5. The van der Waals surface area contributed by atoms with Crippen molar-refractivity contribution in [3.8, 4) is 23.1 Å². The lowest BCUT2D eigenvalue weighted by molar-refractivity contribution is -0.130. The molecule has 1 saturated heterocycles. The summed E-state index contributed by atoms with van der Waals surface area (Å²) >= 11 is 12.3. The van der Waals surface area contributed by atoms with Crippen LogP contribution in [-0.4, -0.2) is 68.6 Å². The van der Waals surface area contributed by atoms with Gasteiger partial charge >= 0.3 is 0 Å². The highest BCUT2D eigenvalue weighted by Gasteiger charge is 2.37. The lowest BCUT2D eigenvalue weighted by Crippen LogP contribution is -2.58. The minimum Gasteiger partial charge on any atom is -0.504 e. The second-order valence-electron chi connectivity index (χ2n) is 12.4. The number of fused-ring (bicyclic) bond motifs is 1. The number of pyridine rings is 2. The maximum Gasteiger partial charge on any atom is 0.276 e. The van der Waals surface area contributed by atoms with Crippen molar-refractivity contribution in [2.24, 2.45) is 5.92 Å². The lowest BCUT2D eigenvalue weighted by Gasteiger charge is -2.45. The molecule has 5 rings (SSSR count). The molecule has 252 valence electrons. The minimum absolute atomic E-state index is 0.0711. The zero-order valence-electron chi connectivity index (χ0n) is 27.1. The van der Waals surface area contributed by atoms with Crippen molar-refractivity contribution in [3.05, 3.63) is 80.0 Å². The number of aromatic nitrogens is 2. The molecule has 1 fully saturated rings. The van der Waals surface area contributed by atoms with Crippen LogP contribution in [0.1, 0.15) is 40.2 Å². The van der Waals surface area contributed by atoms with Crippen molar-refractivity contribution in [1.82, 2.24) is 19.4 Å². The van der Waals surface area contributed by atoms with E-state index >= 15 is 8.78 Å². The molecule has 2 aliphatic rings. The van der Waals surface area contributed by atoms with Gasteiger partial charge in [0.25, 0.3) is 5.56 Å². The summed E-state index contributed by atoms with van der Waals surface area (Å²) in [5.74, 6) is -6.74. The average molecular weight is 702 g/mol. The molecule has 1 amide bonds. The first-order chi connectivity index (χ1) is 22.6. The Morgan fingerprint density at radius 2 is 1.79 bits per heavy atom. The van der Waals surface area contributed by atoms with Gasteiger partial charge in [-0.05, 0) is 56.7 Å². The number of hydrogen-bond acceptors (Lipinski definition) is 7. The number of piperazine rings is 1. The van der Waals surface area contributed by atoms with Crippen LogP contribution < -0.4 is 10.5 Å². The number of allylic oxidation sites excluding steroid dienone is 2. The third kappa shape index (κ3) is 5.39. The van der Waals surface area contributed by atoms with E-state index < -0.39 is 51.1 Å². The number of amides is 1. The fraction of sp³-hybridized carbons (Fsp3) is 0.353. The van der Waals surface area contributed by atoms with Gasteiger partial charge in [0.05, 0.1) is 33.7 Å². The number of benzene rings is 1. The molecule has 3 atom stereocenters. The topological polar surface area (TPSA) is 106 Å². The van der Waals surface area contributed by atoms with Crippen LogP contribution in [-0.2, 0) is 4.79 Å². The Labute approximate surface area is 285 Å². The van der Waals surface area contributed by atoms with Crippen molar-refractivity contribution < 1.29 is 23.1 Å². The standard InChI is InChI=1S/C34H33Cl2F3N6O3/c1-8-22(46)44-17(5)13-43(14-18(44)6)31-19-11-21(35)28(23-25(37)27(39)24(36)32(47)26(23)38)41-33(19)45(34(48)20(31)12-40)30-16(4)9-10-42(7)29(30)15(2)3/h8-11,15,17-18,29,47H,1,13-14H2,2-7H3/t17-,18+,29?. The molecule has 2 aliphatic heterocycles. The van der Waals surface area contributed by atoms with Gasteiger partial charge < -0.3 is 19.8 Å². The summed E-state index contributed by atoms with van der Waals surface area (Å²) in [5, 5.41) is 19.4. The smallest absolute Gasteiger partial charge is 0.276 e. The number of carbonyl (C=O) groups is 1. The maximum absolute atomic E-state index is 15.5. The molecule has 3 aromatic rings. The number of phenolic OH excluding ortho intramolecular Hbond substituents is 1. The Balaban J connectivity index is 1.94. The van der Waals surface area contributed by atoms with E-state index in [1.54, 1.807) is 22.8 Å². The van der Waals surface area contributed by atoms with Gasteiger partial charge in [0.1, 0.15) is 22.3 Å². The highest BCUT2D eigenvalue weighted by atomic mass is 35.5. The molecule has 1 aromatic carbocycles. The SMILES string of the molecule is C=CC(=O)N1[C@H](C)CN(c2c(C#N)c(=O)n(C3=C(C)C=CN(C)C3C(C)C)c3nc(-c4c(F)c(O)c(Cl)c(F)c4F)c(Cl)cc23)C[C@@H]1C. The Hall–Kier alpha value is -4.47. The Bertz CT molecular complexity index is 2010. The van der Waals surface area contributed by atoms with Gasteiger partial charge in [0.2, 0.25) is 5.91 Å². The molecule has 0 radical (unpaired) electrons. The fourth-order valence-electron chi connectivity index (χ4n) is 6.90. The number of aromatic hydroxyl groups is 1. The van der Waals surface area contributed by atoms with Crippen LogP contribution in [0.5, 0.6) is 5.75 Å². The van der Waals surface area contributed by atoms with Crippen LogP contribution in [0.4, 0.5) is 18.9 Å². The maximum atomic E-state index is 15.5. The number of likely N-dealkylation sites (N-methyl/N-ethyl adjacent to an activating group) is 1. The van der Waals surface area contributed by atoms with Gasteiger partial charge in [-0.3, -0.25) is 14.2 Å². The van der Waals surface area contributed by atoms with Crippen LogP contribution in [0.2, 0.25) is 10.0 Å². The second-order valence-corrected chi connectivity index (χ2v) is 13.2. The molecule has 2 aromatic heterocycles. The normalized spacial score (nSPS) is 19.8. The molecule has 1 N–H and O–H groups in total. The fourth-order valence-corrected chi connectivity index (χ4v) is 7.31. The van der Waals surface area contributed by atoms with E-state index in [-0.39, 0.29) is 64.3 Å². The number of nitrogens with zero attached hydrogens (tertiary/aromatic N) is 6. The van der Waals surface area contributed by atoms with E-state index in [2.05, 4.69) is 17.6 Å². The van der Waals surface area contributed by atoms with Crippen molar-refractivity contribution in [3.63, 3.8) is 0 Å². The first kappa shape index (κ1) is 34.9. The summed E-state index contributed by atoms with van der Waals surface area (Å²) in [6.07, 6.45) is 4.86. The third-order valence-electron chi connectivity index (χ3n) is 8.88. The van der Waals surface area contributed by atoms with E-state index in [0.29, 0.717) is 11.3 Å². The number of phenols is 1. The zero-order chi connectivity index (χ0) is 35.5. The zero-order valence-corrected chi connectivity index (χ0v) is 28.6. The van der Waals surface area contributed by atoms with Crippen molar-refractivity contribution in [2.75, 3.05) is 25.0 Å². The third-order valence-corrected chi connectivity index (χ3v) is 9.52. The largest absolute Gasteiger partial charge is 0.504 e. The van der Waals surface area contributed by atoms with Gasteiger partial charge in [0.15, 0.2) is 23.2 Å². The second kappa shape index (κ2) is 12.9. The van der Waals surface area contributed by atoms with Crippen molar-refractivity contribution in [2.45, 2.75) is 52.7 Å². The highest BCUT2D eigenvalue weighted by molar-refractivity contribution is 6.34. The van der Waals surface area contributed by atoms with Crippen molar-refractivity contribution >= 4 is 51.5 Å². The van der Waals surface area contributed by atoms with Gasteiger partial charge in [-0.25, -0.2) is 18.2 Å². The Morgan fingerprint density at radius 3 is 2.35 bits per heavy atom. The van der Waals surface area contributed by atoms with E-state index in [4.69, 9.17) is 23.2 Å². The minimum atomic E-state index is -1.74. The summed E-state index contributed by atoms with van der Waals surface area (Å²) in [5.41, 5.74) is -1.49. The molecule has 4 heterocycles. The van der Waals surface area contributed by atoms with Crippen molar-refractivity contribution in [1.29, 1.82) is 5.26 Å². The first-order valence-electron chi connectivity index (χ1n) is 15.1. The van der Waals surface area contributed by atoms with E-state index in [9.17, 15) is 24.3 Å². The van der Waals surface area contributed by atoms with E-state index in [0.717, 1.165) is 0 Å². The number of hydrogen-bond donors (Lipinski definition) is 1. The molecule has 48 heavy (non-hydrogen) atoms. The molecule has 1 unspecified atom stereocenters. The molecule has 9 nitrogen and oxygen atoms in total. The average Bonchev–Trinajstić information content (AvgIpc) is 3.03. The predicted octanol–water partition coefficient (Wildman–Crippen LogP) is 6.69. The molecular formula is C34H33Cl2F3N6O3. The first-order valence-corrected chi connectivity index (χ1v) is 15.9. The number of carbonyl (C=O) groups excluding carboxylic acids is 1. The summed E-state index contributed by atoms with van der Waals surface area (Å²) < 4.78 is 46.9. The van der Waals surface area contributed by atoms with Crippen LogP contribution in [0, 0.1) is 34.7 Å².